The summed E-state index contributed by atoms with van der Waals surface area (Å²) >= 11 is 0. The molecule has 7 nitrogen and oxygen atoms in total. The minimum atomic E-state index is -0.766. The van der Waals surface area contributed by atoms with Crippen molar-refractivity contribution in [2.45, 2.75) is 34.1 Å². The van der Waals surface area contributed by atoms with E-state index in [0.717, 1.165) is 22.4 Å². The Kier molecular flexibility index (Phi) is 6.74. The first-order valence-corrected chi connectivity index (χ1v) is 10.2. The zero-order chi connectivity index (χ0) is 22.5. The zero-order valence-corrected chi connectivity index (χ0v) is 18.2. The molecule has 2 aromatic rings. The molecule has 1 saturated heterocycles. The van der Waals surface area contributed by atoms with Crippen molar-refractivity contribution in [3.63, 3.8) is 0 Å². The third-order valence-corrected chi connectivity index (χ3v) is 4.74. The molecule has 1 aliphatic rings. The number of nitrogens with zero attached hydrogens (tertiary/aromatic N) is 1. The van der Waals surface area contributed by atoms with Crippen LogP contribution in [-0.2, 0) is 9.59 Å². The molecule has 7 heteroatoms. The monoisotopic (exact) mass is 422 g/mol. The number of anilines is 1. The average Bonchev–Trinajstić information content (AvgIpc) is 2.72. The molecule has 0 saturated carbocycles. The molecule has 2 aromatic carbocycles. The number of hydrogen-bond acceptors (Lipinski definition) is 5. The number of imide groups is 2. The largest absolute Gasteiger partial charge is 0.490 e. The smallest absolute Gasteiger partial charge is 0.335 e. The van der Waals surface area contributed by atoms with Gasteiger partial charge in [-0.05, 0) is 62.6 Å². The standard InChI is InChI=1S/C24H26N2O5/c1-5-11-31-20-10-8-17(14-21(20)30-6-2)13-18-22(27)25-24(29)26(23(18)28)19-9-7-15(3)12-16(19)4/h7-10,12-14H,5-6,11H2,1-4H3,(H,25,27,29)/b18-13+. The molecule has 1 heterocycles. The summed E-state index contributed by atoms with van der Waals surface area (Å²) in [6.45, 7) is 8.60. The van der Waals surface area contributed by atoms with Crippen molar-refractivity contribution in [3.05, 3.63) is 58.7 Å². The van der Waals surface area contributed by atoms with Crippen LogP contribution in [0.2, 0.25) is 0 Å². The van der Waals surface area contributed by atoms with Gasteiger partial charge in [0.1, 0.15) is 5.57 Å². The van der Waals surface area contributed by atoms with Gasteiger partial charge in [0.15, 0.2) is 11.5 Å². The zero-order valence-electron chi connectivity index (χ0n) is 18.2. The predicted molar refractivity (Wildman–Crippen MR) is 118 cm³/mol. The van der Waals surface area contributed by atoms with Gasteiger partial charge < -0.3 is 9.47 Å². The Balaban J connectivity index is 1.98. The van der Waals surface area contributed by atoms with Crippen LogP contribution in [0.1, 0.15) is 37.0 Å². The maximum Gasteiger partial charge on any atom is 0.335 e. The number of benzene rings is 2. The van der Waals surface area contributed by atoms with Gasteiger partial charge in [-0.3, -0.25) is 14.9 Å². The molecular formula is C24H26N2O5. The molecule has 0 radical (unpaired) electrons. The van der Waals surface area contributed by atoms with Crippen LogP contribution in [0.15, 0.2) is 42.0 Å². The summed E-state index contributed by atoms with van der Waals surface area (Å²) in [4.78, 5) is 39.0. The molecule has 0 atom stereocenters. The maximum absolute atomic E-state index is 13.1. The van der Waals surface area contributed by atoms with Crippen LogP contribution >= 0.6 is 0 Å². The minimum Gasteiger partial charge on any atom is -0.490 e. The van der Waals surface area contributed by atoms with Crippen LogP contribution < -0.4 is 19.7 Å². The number of carbonyl (C=O) groups is 3. The van der Waals surface area contributed by atoms with Crippen molar-refractivity contribution >= 4 is 29.6 Å². The second kappa shape index (κ2) is 9.47. The quantitative estimate of drug-likeness (QED) is 0.535. The molecule has 0 aliphatic carbocycles. The molecule has 3 rings (SSSR count). The van der Waals surface area contributed by atoms with Crippen molar-refractivity contribution in [2.24, 2.45) is 0 Å². The SMILES string of the molecule is CCCOc1ccc(/C=C2\C(=O)NC(=O)N(c3ccc(C)cc3C)C2=O)cc1OCC. The summed E-state index contributed by atoms with van der Waals surface area (Å²) < 4.78 is 11.3. The lowest BCUT2D eigenvalue weighted by Crippen LogP contribution is -2.54. The fourth-order valence-electron chi connectivity index (χ4n) is 3.31. The summed E-state index contributed by atoms with van der Waals surface area (Å²) in [5.41, 5.74) is 2.65. The Hall–Kier alpha value is -3.61. The van der Waals surface area contributed by atoms with Crippen LogP contribution in [0.3, 0.4) is 0 Å². The third-order valence-electron chi connectivity index (χ3n) is 4.74. The highest BCUT2D eigenvalue weighted by Gasteiger charge is 2.37. The van der Waals surface area contributed by atoms with E-state index in [1.54, 1.807) is 24.3 Å². The molecule has 0 unspecified atom stereocenters. The molecule has 0 bridgehead atoms. The first-order valence-electron chi connectivity index (χ1n) is 10.2. The third kappa shape index (κ3) is 4.77. The lowest BCUT2D eigenvalue weighted by molar-refractivity contribution is -0.122. The number of nitrogens with one attached hydrogen (secondary N) is 1. The number of urea groups is 1. The highest BCUT2D eigenvalue weighted by Crippen LogP contribution is 2.31. The molecule has 1 N–H and O–H groups in total. The van der Waals surface area contributed by atoms with Gasteiger partial charge in [0.2, 0.25) is 0 Å². The van der Waals surface area contributed by atoms with Crippen molar-refractivity contribution in [2.75, 3.05) is 18.1 Å². The number of ether oxygens (including phenoxy) is 2. The average molecular weight is 422 g/mol. The van der Waals surface area contributed by atoms with Gasteiger partial charge in [-0.2, -0.15) is 0 Å². The van der Waals surface area contributed by atoms with Crippen LogP contribution in [0, 0.1) is 13.8 Å². The van der Waals surface area contributed by atoms with Crippen molar-refractivity contribution in [1.82, 2.24) is 5.32 Å². The molecule has 4 amide bonds. The van der Waals surface area contributed by atoms with Crippen molar-refractivity contribution < 1.29 is 23.9 Å². The number of hydrogen-bond donors (Lipinski definition) is 1. The van der Waals surface area contributed by atoms with Crippen LogP contribution in [0.5, 0.6) is 11.5 Å². The number of carbonyl (C=O) groups excluding carboxylic acids is 3. The van der Waals surface area contributed by atoms with Crippen LogP contribution in [-0.4, -0.2) is 31.1 Å². The first kappa shape index (κ1) is 22.1. The normalized spacial score (nSPS) is 15.3. The molecule has 162 valence electrons. The second-order valence-corrected chi connectivity index (χ2v) is 7.24. The Labute approximate surface area is 181 Å². The van der Waals surface area contributed by atoms with E-state index in [0.29, 0.717) is 36.0 Å². The van der Waals surface area contributed by atoms with E-state index in [1.807, 2.05) is 39.8 Å². The lowest BCUT2D eigenvalue weighted by atomic mass is 10.0. The van der Waals surface area contributed by atoms with Gasteiger partial charge in [0.05, 0.1) is 18.9 Å². The Morgan fingerprint density at radius 1 is 0.968 bits per heavy atom. The molecule has 1 fully saturated rings. The maximum atomic E-state index is 13.1. The van der Waals surface area contributed by atoms with Crippen LogP contribution in [0.4, 0.5) is 10.5 Å². The number of barbiturate groups is 1. The molecule has 31 heavy (non-hydrogen) atoms. The fraction of sp³-hybridized carbons (Fsp3) is 0.292. The Bertz CT molecular complexity index is 1060. The summed E-state index contributed by atoms with van der Waals surface area (Å²) in [5.74, 6) is -0.293. The number of aryl methyl sites for hydroxylation is 2. The van der Waals surface area contributed by atoms with Gasteiger partial charge in [-0.15, -0.1) is 0 Å². The Morgan fingerprint density at radius 2 is 1.74 bits per heavy atom. The van der Waals surface area contributed by atoms with E-state index in [-0.39, 0.29) is 5.57 Å². The molecular weight excluding hydrogens is 396 g/mol. The highest BCUT2D eigenvalue weighted by atomic mass is 16.5. The van der Waals surface area contributed by atoms with Crippen molar-refractivity contribution in [1.29, 1.82) is 0 Å². The summed E-state index contributed by atoms with van der Waals surface area (Å²) in [5, 5.41) is 2.25. The van der Waals surface area contributed by atoms with Gasteiger partial charge >= 0.3 is 6.03 Å². The minimum absolute atomic E-state index is 0.135. The van der Waals surface area contributed by atoms with E-state index >= 15 is 0 Å². The molecule has 0 aromatic heterocycles. The predicted octanol–water partition coefficient (Wildman–Crippen LogP) is 4.16. The van der Waals surface area contributed by atoms with Gasteiger partial charge in [0, 0.05) is 0 Å². The molecule has 0 spiro atoms. The highest BCUT2D eigenvalue weighted by molar-refractivity contribution is 6.39. The van der Waals surface area contributed by atoms with Gasteiger partial charge in [-0.1, -0.05) is 30.7 Å². The summed E-state index contributed by atoms with van der Waals surface area (Å²) in [7, 11) is 0. The van der Waals surface area contributed by atoms with Gasteiger partial charge in [0.25, 0.3) is 11.8 Å². The van der Waals surface area contributed by atoms with E-state index in [1.165, 1.54) is 6.08 Å². The Morgan fingerprint density at radius 3 is 2.42 bits per heavy atom. The van der Waals surface area contributed by atoms with E-state index < -0.39 is 17.8 Å². The van der Waals surface area contributed by atoms with E-state index in [2.05, 4.69) is 5.32 Å². The van der Waals surface area contributed by atoms with E-state index in [4.69, 9.17) is 9.47 Å². The molecule has 1 aliphatic heterocycles. The van der Waals surface area contributed by atoms with E-state index in [9.17, 15) is 14.4 Å². The van der Waals surface area contributed by atoms with Crippen LogP contribution in [0.25, 0.3) is 6.08 Å². The number of rotatable bonds is 7. The summed E-state index contributed by atoms with van der Waals surface area (Å²) in [6, 6.07) is 9.80. The first-order chi connectivity index (χ1) is 14.8. The number of amides is 4. The topological polar surface area (TPSA) is 84.9 Å². The van der Waals surface area contributed by atoms with Crippen molar-refractivity contribution in [3.8, 4) is 11.5 Å². The summed E-state index contributed by atoms with van der Waals surface area (Å²) in [6.07, 6.45) is 2.31. The van der Waals surface area contributed by atoms with Gasteiger partial charge in [-0.25, -0.2) is 9.69 Å². The second-order valence-electron chi connectivity index (χ2n) is 7.24. The fourth-order valence-corrected chi connectivity index (χ4v) is 3.31. The lowest BCUT2D eigenvalue weighted by Gasteiger charge is -2.27.